The lowest BCUT2D eigenvalue weighted by Gasteiger charge is -2.06. The zero-order valence-electron chi connectivity index (χ0n) is 15.6. The summed E-state index contributed by atoms with van der Waals surface area (Å²) in [6, 6.07) is 15.5. The number of carbonyl (C=O) groups excluding carboxylic acids is 1. The average Bonchev–Trinajstić information content (AvgIpc) is 3.33. The first kappa shape index (κ1) is 19.9. The van der Waals surface area contributed by atoms with Crippen LogP contribution in [-0.2, 0) is 17.8 Å². The quantitative estimate of drug-likeness (QED) is 0.426. The second kappa shape index (κ2) is 8.94. The maximum atomic E-state index is 12.1. The molecule has 1 amide bonds. The lowest BCUT2D eigenvalue weighted by Crippen LogP contribution is -2.24. The van der Waals surface area contributed by atoms with Crippen molar-refractivity contribution >= 4 is 45.6 Å². The average molecular weight is 444 g/mol. The van der Waals surface area contributed by atoms with Crippen molar-refractivity contribution < 1.29 is 4.79 Å². The third-order valence-electron chi connectivity index (χ3n) is 4.25. The van der Waals surface area contributed by atoms with Gasteiger partial charge in [-0.2, -0.15) is 9.61 Å². The maximum Gasteiger partial charge on any atom is 0.234 e. The van der Waals surface area contributed by atoms with Crippen LogP contribution >= 0.6 is 34.7 Å². The minimum Gasteiger partial charge on any atom is -0.351 e. The lowest BCUT2D eigenvalue weighted by atomic mass is 10.1. The van der Waals surface area contributed by atoms with Gasteiger partial charge in [0, 0.05) is 28.4 Å². The van der Waals surface area contributed by atoms with Gasteiger partial charge in [0.1, 0.15) is 5.01 Å². The second-order valence-electron chi connectivity index (χ2n) is 6.29. The minimum atomic E-state index is -0.00484. The highest BCUT2D eigenvalue weighted by atomic mass is 35.5. The number of halogens is 1. The molecule has 9 heteroatoms. The van der Waals surface area contributed by atoms with Gasteiger partial charge in [0.25, 0.3) is 0 Å². The molecule has 0 saturated heterocycles. The molecule has 0 atom stereocenters. The molecule has 0 saturated carbocycles. The van der Waals surface area contributed by atoms with Crippen LogP contribution < -0.4 is 5.32 Å². The van der Waals surface area contributed by atoms with Gasteiger partial charge in [-0.1, -0.05) is 54.1 Å². The number of thioether (sulfide) groups is 1. The molecule has 4 rings (SSSR count). The van der Waals surface area contributed by atoms with Crippen LogP contribution in [0.1, 0.15) is 18.3 Å². The van der Waals surface area contributed by atoms with E-state index in [1.54, 1.807) is 4.52 Å². The molecule has 2 heterocycles. The Morgan fingerprint density at radius 2 is 1.90 bits per heavy atom. The zero-order valence-corrected chi connectivity index (χ0v) is 18.0. The van der Waals surface area contributed by atoms with E-state index in [2.05, 4.69) is 20.6 Å². The third kappa shape index (κ3) is 4.77. The van der Waals surface area contributed by atoms with Crippen LogP contribution in [0.25, 0.3) is 15.5 Å². The molecule has 0 aliphatic rings. The molecule has 0 unspecified atom stereocenters. The van der Waals surface area contributed by atoms with E-state index in [4.69, 9.17) is 11.6 Å². The summed E-state index contributed by atoms with van der Waals surface area (Å²) >= 11 is 8.87. The SMILES string of the molecule is CCc1nnc2sc(-c3ccc(CNC(=O)CSc4ccc(Cl)cc4)cc3)nn12. The van der Waals surface area contributed by atoms with Gasteiger partial charge in [-0.15, -0.1) is 22.0 Å². The molecule has 0 fully saturated rings. The molecule has 4 aromatic rings. The molecule has 29 heavy (non-hydrogen) atoms. The number of rotatable bonds is 7. The maximum absolute atomic E-state index is 12.1. The Labute approximate surface area is 181 Å². The van der Waals surface area contributed by atoms with Gasteiger partial charge >= 0.3 is 0 Å². The van der Waals surface area contributed by atoms with E-state index >= 15 is 0 Å². The topological polar surface area (TPSA) is 72.2 Å². The first-order chi connectivity index (χ1) is 14.1. The van der Waals surface area contributed by atoms with E-state index in [0.29, 0.717) is 17.3 Å². The van der Waals surface area contributed by atoms with Crippen LogP contribution in [0.4, 0.5) is 0 Å². The molecule has 0 bridgehead atoms. The molecule has 0 aliphatic heterocycles. The molecule has 6 nitrogen and oxygen atoms in total. The Morgan fingerprint density at radius 1 is 1.14 bits per heavy atom. The van der Waals surface area contributed by atoms with Crippen LogP contribution in [0.2, 0.25) is 5.02 Å². The summed E-state index contributed by atoms with van der Waals surface area (Å²) in [4.78, 5) is 13.9. The lowest BCUT2D eigenvalue weighted by molar-refractivity contribution is -0.118. The van der Waals surface area contributed by atoms with Crippen molar-refractivity contribution in [3.8, 4) is 10.6 Å². The molecule has 0 spiro atoms. The largest absolute Gasteiger partial charge is 0.351 e. The first-order valence-corrected chi connectivity index (χ1v) is 11.3. The number of nitrogens with one attached hydrogen (secondary N) is 1. The number of carbonyl (C=O) groups is 1. The van der Waals surface area contributed by atoms with Crippen LogP contribution in [0, 0.1) is 0 Å². The summed E-state index contributed by atoms with van der Waals surface area (Å²) in [5.41, 5.74) is 2.06. The minimum absolute atomic E-state index is 0.00484. The predicted octanol–water partition coefficient (Wildman–Crippen LogP) is 4.48. The predicted molar refractivity (Wildman–Crippen MR) is 117 cm³/mol. The van der Waals surface area contributed by atoms with Crippen LogP contribution in [0.5, 0.6) is 0 Å². The third-order valence-corrected chi connectivity index (χ3v) is 6.46. The van der Waals surface area contributed by atoms with Crippen molar-refractivity contribution in [3.05, 3.63) is 64.9 Å². The fraction of sp³-hybridized carbons (Fsp3) is 0.200. The summed E-state index contributed by atoms with van der Waals surface area (Å²) in [7, 11) is 0. The molecule has 148 valence electrons. The first-order valence-electron chi connectivity index (χ1n) is 9.08. The Hall–Kier alpha value is -2.42. The van der Waals surface area contributed by atoms with Crippen molar-refractivity contribution in [2.75, 3.05) is 5.75 Å². The molecular weight excluding hydrogens is 426 g/mol. The fourth-order valence-electron chi connectivity index (χ4n) is 2.69. The fourth-order valence-corrected chi connectivity index (χ4v) is 4.41. The summed E-state index contributed by atoms with van der Waals surface area (Å²) < 4.78 is 1.80. The normalized spacial score (nSPS) is 11.1. The molecular formula is C20H18ClN5OS2. The van der Waals surface area contributed by atoms with Crippen molar-refractivity contribution in [1.29, 1.82) is 0 Å². The summed E-state index contributed by atoms with van der Waals surface area (Å²) in [6.07, 6.45) is 0.791. The van der Waals surface area contributed by atoms with E-state index in [0.717, 1.165) is 38.2 Å². The van der Waals surface area contributed by atoms with E-state index in [9.17, 15) is 4.79 Å². The Balaban J connectivity index is 1.32. The van der Waals surface area contributed by atoms with Crippen LogP contribution in [0.3, 0.4) is 0 Å². The standard InChI is InChI=1S/C20H18ClN5OS2/c1-2-17-23-24-20-26(17)25-19(29-20)14-5-3-13(4-6-14)11-22-18(27)12-28-16-9-7-15(21)8-10-16/h3-10H,2,11-12H2,1H3,(H,22,27). The van der Waals surface area contributed by atoms with Crippen molar-refractivity contribution in [3.63, 3.8) is 0 Å². The van der Waals surface area contributed by atoms with Gasteiger partial charge in [0.2, 0.25) is 10.9 Å². The number of nitrogens with zero attached hydrogens (tertiary/aromatic N) is 4. The highest BCUT2D eigenvalue weighted by molar-refractivity contribution is 8.00. The molecule has 1 N–H and O–H groups in total. The molecule has 2 aromatic carbocycles. The zero-order chi connectivity index (χ0) is 20.2. The van der Waals surface area contributed by atoms with Crippen LogP contribution in [-0.4, -0.2) is 31.5 Å². The van der Waals surface area contributed by atoms with Gasteiger partial charge in [-0.05, 0) is 29.8 Å². The molecule has 2 aromatic heterocycles. The number of aromatic nitrogens is 4. The van der Waals surface area contributed by atoms with Gasteiger partial charge in [0.15, 0.2) is 5.82 Å². The number of hydrogen-bond donors (Lipinski definition) is 1. The number of benzene rings is 2. The second-order valence-corrected chi connectivity index (χ2v) is 8.73. The number of fused-ring (bicyclic) bond motifs is 1. The smallest absolute Gasteiger partial charge is 0.234 e. The van der Waals surface area contributed by atoms with Gasteiger partial charge in [0.05, 0.1) is 5.75 Å². The molecule has 0 aliphatic carbocycles. The Kier molecular flexibility index (Phi) is 6.13. The Bertz CT molecular complexity index is 1120. The highest BCUT2D eigenvalue weighted by Gasteiger charge is 2.12. The Morgan fingerprint density at radius 3 is 2.62 bits per heavy atom. The summed E-state index contributed by atoms with van der Waals surface area (Å²) in [6.45, 7) is 2.53. The van der Waals surface area contributed by atoms with Crippen molar-refractivity contribution in [2.24, 2.45) is 0 Å². The van der Waals surface area contributed by atoms with Crippen LogP contribution in [0.15, 0.2) is 53.4 Å². The van der Waals surface area contributed by atoms with Gasteiger partial charge in [-0.3, -0.25) is 4.79 Å². The van der Waals surface area contributed by atoms with E-state index < -0.39 is 0 Å². The monoisotopic (exact) mass is 443 g/mol. The van der Waals surface area contributed by atoms with Gasteiger partial charge < -0.3 is 5.32 Å². The summed E-state index contributed by atoms with van der Waals surface area (Å²) in [5, 5.41) is 17.4. The highest BCUT2D eigenvalue weighted by Crippen LogP contribution is 2.26. The number of amides is 1. The number of hydrogen-bond acceptors (Lipinski definition) is 6. The molecule has 0 radical (unpaired) electrons. The van der Waals surface area contributed by atoms with Crippen molar-refractivity contribution in [2.45, 2.75) is 24.8 Å². The van der Waals surface area contributed by atoms with E-state index in [1.165, 1.54) is 23.1 Å². The van der Waals surface area contributed by atoms with Gasteiger partial charge in [-0.25, -0.2) is 0 Å². The van der Waals surface area contributed by atoms with Crippen molar-refractivity contribution in [1.82, 2.24) is 25.1 Å². The number of aryl methyl sites for hydroxylation is 1. The summed E-state index contributed by atoms with van der Waals surface area (Å²) in [5.74, 6) is 1.22. The van der Waals surface area contributed by atoms with E-state index in [-0.39, 0.29) is 5.91 Å². The van der Waals surface area contributed by atoms with E-state index in [1.807, 2.05) is 55.5 Å².